The zero-order chi connectivity index (χ0) is 12.0. The van der Waals surface area contributed by atoms with Gasteiger partial charge in [0.05, 0.1) is 12.1 Å². The van der Waals surface area contributed by atoms with Gasteiger partial charge in [0, 0.05) is 17.0 Å². The summed E-state index contributed by atoms with van der Waals surface area (Å²) in [4.78, 5) is 4.00. The third-order valence-corrected chi connectivity index (χ3v) is 3.04. The van der Waals surface area contributed by atoms with Gasteiger partial charge in [-0.15, -0.1) is 0 Å². The number of hydrogen-bond acceptors (Lipinski definition) is 2. The Bertz CT molecular complexity index is 550. The quantitative estimate of drug-likeness (QED) is 0.807. The largest absolute Gasteiger partial charge is 0.441 e. The van der Waals surface area contributed by atoms with Crippen molar-refractivity contribution in [2.75, 3.05) is 0 Å². The van der Waals surface area contributed by atoms with Gasteiger partial charge in [0.15, 0.2) is 0 Å². The molecule has 0 N–H and O–H groups in total. The molecule has 2 aromatic rings. The first-order chi connectivity index (χ1) is 8.06. The van der Waals surface area contributed by atoms with Crippen molar-refractivity contribution in [1.29, 1.82) is 0 Å². The number of alkyl halides is 2. The second-order valence-electron chi connectivity index (χ2n) is 4.09. The Labute approximate surface area is 101 Å². The van der Waals surface area contributed by atoms with Crippen molar-refractivity contribution in [2.24, 2.45) is 0 Å². The molecule has 0 aliphatic heterocycles. The monoisotopic (exact) mass is 255 g/mol. The predicted octanol–water partition coefficient (Wildman–Crippen LogP) is 4.12. The van der Waals surface area contributed by atoms with E-state index in [1.807, 2.05) is 0 Å². The maximum Gasteiger partial charge on any atom is 0.259 e. The van der Waals surface area contributed by atoms with Crippen LogP contribution >= 0.6 is 11.6 Å². The smallest absolute Gasteiger partial charge is 0.259 e. The number of nitrogens with zero attached hydrogens (tertiary/aromatic N) is 1. The molecule has 0 bridgehead atoms. The average Bonchev–Trinajstić information content (AvgIpc) is 2.76. The highest BCUT2D eigenvalue weighted by Crippen LogP contribution is 2.56. The molecule has 0 saturated heterocycles. The highest BCUT2D eigenvalue weighted by Gasteiger charge is 2.59. The lowest BCUT2D eigenvalue weighted by Gasteiger charge is -1.95. The summed E-state index contributed by atoms with van der Waals surface area (Å²) in [5.41, 5.74) is 0.726. The number of halogens is 3. The predicted molar refractivity (Wildman–Crippen MR) is 59.3 cm³/mol. The molecule has 0 radical (unpaired) electrons. The topological polar surface area (TPSA) is 26.0 Å². The fraction of sp³-hybridized carbons (Fsp3) is 0.250. The van der Waals surface area contributed by atoms with E-state index in [2.05, 4.69) is 4.98 Å². The van der Waals surface area contributed by atoms with Crippen LogP contribution in [-0.4, -0.2) is 10.9 Å². The first-order valence-electron chi connectivity index (χ1n) is 5.16. The minimum atomic E-state index is -2.63. The summed E-state index contributed by atoms with van der Waals surface area (Å²) in [6.07, 6.45) is 1.22. The van der Waals surface area contributed by atoms with Crippen LogP contribution in [0.2, 0.25) is 5.02 Å². The molecule has 2 nitrogen and oxygen atoms in total. The van der Waals surface area contributed by atoms with Gasteiger partial charge in [0.2, 0.25) is 5.89 Å². The van der Waals surface area contributed by atoms with Crippen LogP contribution in [0.1, 0.15) is 18.1 Å². The Morgan fingerprint density at radius 3 is 2.53 bits per heavy atom. The molecule has 5 heteroatoms. The molecule has 0 amide bonds. The third kappa shape index (κ3) is 1.93. The van der Waals surface area contributed by atoms with Gasteiger partial charge < -0.3 is 4.42 Å². The van der Waals surface area contributed by atoms with E-state index < -0.39 is 11.8 Å². The van der Waals surface area contributed by atoms with Crippen LogP contribution in [0, 0.1) is 0 Å². The standard InChI is InChI=1S/C12H8ClF2NO/c13-8-3-1-7(2-4-8)11-16-6-10(17-11)9-5-12(9,14)15/h1-4,6,9H,5H2. The van der Waals surface area contributed by atoms with E-state index >= 15 is 0 Å². The normalized spacial score (nSPS) is 21.5. The first-order valence-corrected chi connectivity index (χ1v) is 5.53. The van der Waals surface area contributed by atoms with E-state index in [-0.39, 0.29) is 12.2 Å². The average molecular weight is 256 g/mol. The van der Waals surface area contributed by atoms with E-state index in [0.29, 0.717) is 10.9 Å². The molecule has 88 valence electrons. The Balaban J connectivity index is 1.88. The third-order valence-electron chi connectivity index (χ3n) is 2.78. The number of rotatable bonds is 2. The van der Waals surface area contributed by atoms with Crippen LogP contribution in [0.25, 0.3) is 11.5 Å². The lowest BCUT2D eigenvalue weighted by atomic mass is 10.2. The van der Waals surface area contributed by atoms with E-state index in [4.69, 9.17) is 16.0 Å². The van der Waals surface area contributed by atoms with Crippen LogP contribution in [0.15, 0.2) is 34.9 Å². The summed E-state index contributed by atoms with van der Waals surface area (Å²) < 4.78 is 31.0. The van der Waals surface area contributed by atoms with Gasteiger partial charge in [-0.3, -0.25) is 0 Å². The molecule has 1 aromatic heterocycles. The second kappa shape index (κ2) is 3.53. The molecule has 0 spiro atoms. The van der Waals surface area contributed by atoms with E-state index in [9.17, 15) is 8.78 Å². The minimum Gasteiger partial charge on any atom is -0.441 e. The van der Waals surface area contributed by atoms with Crippen molar-refractivity contribution in [3.05, 3.63) is 41.2 Å². The molecule has 1 aliphatic carbocycles. The fourth-order valence-corrected chi connectivity index (χ4v) is 1.82. The maximum atomic E-state index is 12.8. The van der Waals surface area contributed by atoms with Crippen molar-refractivity contribution in [2.45, 2.75) is 18.3 Å². The molecule has 1 aliphatic rings. The summed E-state index contributed by atoms with van der Waals surface area (Å²) in [6.45, 7) is 0. The lowest BCUT2D eigenvalue weighted by molar-refractivity contribution is 0.109. The highest BCUT2D eigenvalue weighted by atomic mass is 35.5. The summed E-state index contributed by atoms with van der Waals surface area (Å²) >= 11 is 5.75. The zero-order valence-corrected chi connectivity index (χ0v) is 9.42. The molecule has 1 fully saturated rings. The van der Waals surface area contributed by atoms with Crippen LogP contribution < -0.4 is 0 Å². The highest BCUT2D eigenvalue weighted by molar-refractivity contribution is 6.30. The van der Waals surface area contributed by atoms with Crippen LogP contribution in [0.3, 0.4) is 0 Å². The minimum absolute atomic E-state index is 0.151. The molecule has 1 atom stereocenters. The maximum absolute atomic E-state index is 12.8. The van der Waals surface area contributed by atoms with Crippen molar-refractivity contribution < 1.29 is 13.2 Å². The first kappa shape index (κ1) is 10.7. The molecule has 1 aromatic carbocycles. The van der Waals surface area contributed by atoms with Crippen molar-refractivity contribution in [1.82, 2.24) is 4.98 Å². The Morgan fingerprint density at radius 2 is 1.94 bits per heavy atom. The second-order valence-corrected chi connectivity index (χ2v) is 4.53. The van der Waals surface area contributed by atoms with E-state index in [1.165, 1.54) is 6.20 Å². The molecule has 17 heavy (non-hydrogen) atoms. The lowest BCUT2D eigenvalue weighted by Crippen LogP contribution is -1.90. The molecular formula is C12H8ClF2NO. The number of oxazole rings is 1. The van der Waals surface area contributed by atoms with Crippen molar-refractivity contribution >= 4 is 11.6 Å². The van der Waals surface area contributed by atoms with Crippen LogP contribution in [-0.2, 0) is 0 Å². The van der Waals surface area contributed by atoms with Crippen molar-refractivity contribution in [3.63, 3.8) is 0 Å². The van der Waals surface area contributed by atoms with Gasteiger partial charge in [0.25, 0.3) is 5.92 Å². The molecule has 1 unspecified atom stereocenters. The van der Waals surface area contributed by atoms with Gasteiger partial charge in [0.1, 0.15) is 5.76 Å². The molecular weight excluding hydrogens is 248 g/mol. The van der Waals surface area contributed by atoms with Gasteiger partial charge >= 0.3 is 0 Å². The van der Waals surface area contributed by atoms with Gasteiger partial charge in [-0.2, -0.15) is 0 Å². The Kier molecular flexibility index (Phi) is 2.23. The van der Waals surface area contributed by atoms with E-state index in [0.717, 1.165) is 5.56 Å². The van der Waals surface area contributed by atoms with Gasteiger partial charge in [-0.05, 0) is 24.3 Å². The summed E-state index contributed by atoms with van der Waals surface area (Å²) in [5, 5.41) is 0.606. The number of aromatic nitrogens is 1. The number of benzene rings is 1. The molecule has 3 rings (SSSR count). The molecule has 1 saturated carbocycles. The Morgan fingerprint density at radius 1 is 1.29 bits per heavy atom. The zero-order valence-electron chi connectivity index (χ0n) is 8.66. The van der Waals surface area contributed by atoms with E-state index in [1.54, 1.807) is 24.3 Å². The van der Waals surface area contributed by atoms with Gasteiger partial charge in [-0.1, -0.05) is 11.6 Å². The fourth-order valence-electron chi connectivity index (χ4n) is 1.70. The van der Waals surface area contributed by atoms with Crippen LogP contribution in [0.4, 0.5) is 8.78 Å². The SMILES string of the molecule is FC1(F)CC1c1cnc(-c2ccc(Cl)cc2)o1. The summed E-state index contributed by atoms with van der Waals surface area (Å²) in [5.74, 6) is -2.84. The summed E-state index contributed by atoms with van der Waals surface area (Å²) in [6, 6.07) is 6.88. The van der Waals surface area contributed by atoms with Crippen molar-refractivity contribution in [3.8, 4) is 11.5 Å². The number of hydrogen-bond donors (Lipinski definition) is 0. The molecule has 1 heterocycles. The van der Waals surface area contributed by atoms with Gasteiger partial charge in [-0.25, -0.2) is 13.8 Å². The Hall–Kier alpha value is -1.42. The van der Waals surface area contributed by atoms with Crippen LogP contribution in [0.5, 0.6) is 0 Å². The summed E-state index contributed by atoms with van der Waals surface area (Å²) in [7, 11) is 0.